The lowest BCUT2D eigenvalue weighted by atomic mass is 10.0. The highest BCUT2D eigenvalue weighted by Crippen LogP contribution is 2.24. The van der Waals surface area contributed by atoms with Gasteiger partial charge in [-0.25, -0.2) is 0 Å². The van der Waals surface area contributed by atoms with E-state index >= 15 is 0 Å². The number of rotatable bonds is 4. The summed E-state index contributed by atoms with van der Waals surface area (Å²) in [5.74, 6) is -0.0680. The zero-order valence-corrected chi connectivity index (χ0v) is 16.3. The quantitative estimate of drug-likeness (QED) is 0.760. The van der Waals surface area contributed by atoms with Crippen LogP contribution < -0.4 is 5.32 Å². The van der Waals surface area contributed by atoms with Crippen LogP contribution >= 0.6 is 0 Å². The molecule has 144 valence electrons. The van der Waals surface area contributed by atoms with Gasteiger partial charge in [-0.1, -0.05) is 24.3 Å². The fraction of sp³-hybridized carbons (Fsp3) is 0.304. The maximum Gasteiger partial charge on any atom is 0.251 e. The number of amides is 1. The van der Waals surface area contributed by atoms with E-state index in [1.54, 1.807) is 0 Å². The van der Waals surface area contributed by atoms with Crippen molar-refractivity contribution in [1.82, 2.24) is 15.2 Å². The number of likely N-dealkylation sites (N-methyl/N-ethyl adjacent to an activating group) is 1. The highest BCUT2D eigenvalue weighted by atomic mass is 16.5. The molecule has 5 nitrogen and oxygen atoms in total. The van der Waals surface area contributed by atoms with Crippen LogP contribution in [0, 0.1) is 6.92 Å². The van der Waals surface area contributed by atoms with Crippen LogP contribution in [0.4, 0.5) is 0 Å². The summed E-state index contributed by atoms with van der Waals surface area (Å²) in [7, 11) is 2.07. The van der Waals surface area contributed by atoms with Gasteiger partial charge in [-0.3, -0.25) is 9.78 Å². The third-order valence-electron chi connectivity index (χ3n) is 5.14. The van der Waals surface area contributed by atoms with Crippen molar-refractivity contribution in [3.05, 3.63) is 65.9 Å². The summed E-state index contributed by atoms with van der Waals surface area (Å²) in [5, 5.41) is 4.09. The predicted octanol–water partition coefficient (Wildman–Crippen LogP) is 3.27. The van der Waals surface area contributed by atoms with Crippen LogP contribution in [-0.4, -0.2) is 55.2 Å². The fourth-order valence-electron chi connectivity index (χ4n) is 3.52. The zero-order valence-electron chi connectivity index (χ0n) is 16.3. The molecule has 1 fully saturated rings. The van der Waals surface area contributed by atoms with Gasteiger partial charge in [-0.2, -0.15) is 0 Å². The highest BCUT2D eigenvalue weighted by Gasteiger charge is 2.18. The number of nitrogens with zero attached hydrogens (tertiary/aromatic N) is 2. The van der Waals surface area contributed by atoms with Gasteiger partial charge in [0.1, 0.15) is 0 Å². The van der Waals surface area contributed by atoms with Crippen LogP contribution in [0.2, 0.25) is 0 Å². The van der Waals surface area contributed by atoms with Crippen LogP contribution in [0.15, 0.2) is 54.6 Å². The average Bonchev–Trinajstić information content (AvgIpc) is 2.72. The van der Waals surface area contributed by atoms with Gasteiger partial charge >= 0.3 is 0 Å². The van der Waals surface area contributed by atoms with Crippen LogP contribution in [0.1, 0.15) is 16.1 Å². The molecule has 1 aromatic heterocycles. The maximum absolute atomic E-state index is 12.4. The normalized spacial score (nSPS) is 17.6. The van der Waals surface area contributed by atoms with Crippen molar-refractivity contribution in [3.8, 4) is 11.1 Å². The van der Waals surface area contributed by atoms with Crippen LogP contribution in [0.5, 0.6) is 0 Å². The van der Waals surface area contributed by atoms with Gasteiger partial charge in [-0.15, -0.1) is 0 Å². The van der Waals surface area contributed by atoms with Gasteiger partial charge in [0.2, 0.25) is 0 Å². The third kappa shape index (κ3) is 4.21. The van der Waals surface area contributed by atoms with Crippen molar-refractivity contribution in [2.75, 3.05) is 33.3 Å². The molecule has 2 heterocycles. The van der Waals surface area contributed by atoms with E-state index in [-0.39, 0.29) is 12.0 Å². The summed E-state index contributed by atoms with van der Waals surface area (Å²) < 4.78 is 5.69. The van der Waals surface area contributed by atoms with E-state index in [0.29, 0.717) is 18.7 Å². The lowest BCUT2D eigenvalue weighted by molar-refractivity contribution is -0.0175. The second kappa shape index (κ2) is 8.09. The molecule has 0 saturated carbocycles. The molecule has 1 atom stereocenters. The molecule has 1 unspecified atom stereocenters. The molecule has 1 aliphatic rings. The van der Waals surface area contributed by atoms with Crippen molar-refractivity contribution >= 4 is 16.8 Å². The summed E-state index contributed by atoms with van der Waals surface area (Å²) in [6, 6.07) is 18.1. The van der Waals surface area contributed by atoms with Crippen molar-refractivity contribution in [2.45, 2.75) is 13.0 Å². The number of benzene rings is 2. The lowest BCUT2D eigenvalue weighted by Gasteiger charge is -2.30. The molecule has 1 amide bonds. The Morgan fingerprint density at radius 3 is 2.71 bits per heavy atom. The molecule has 0 spiro atoms. The number of fused-ring (bicyclic) bond motifs is 1. The SMILES string of the molecule is Cc1ccc2cc(-c3ccc(C(=O)NCC4CN(C)CCO4)cc3)ccc2n1. The summed E-state index contributed by atoms with van der Waals surface area (Å²) in [4.78, 5) is 19.2. The van der Waals surface area contributed by atoms with E-state index in [1.807, 2.05) is 43.3 Å². The Kier molecular flexibility index (Phi) is 5.37. The van der Waals surface area contributed by atoms with E-state index < -0.39 is 0 Å². The molecule has 5 heteroatoms. The molecule has 0 radical (unpaired) electrons. The lowest BCUT2D eigenvalue weighted by Crippen LogP contribution is -2.45. The first-order valence-corrected chi connectivity index (χ1v) is 9.65. The number of nitrogens with one attached hydrogen (secondary N) is 1. The van der Waals surface area contributed by atoms with Crippen molar-refractivity contribution in [1.29, 1.82) is 0 Å². The Morgan fingerprint density at radius 2 is 1.93 bits per heavy atom. The molecular weight excluding hydrogens is 350 g/mol. The van der Waals surface area contributed by atoms with Crippen LogP contribution in [0.25, 0.3) is 22.0 Å². The number of carbonyl (C=O) groups excluding carboxylic acids is 1. The number of aromatic nitrogens is 1. The highest BCUT2D eigenvalue weighted by molar-refractivity contribution is 5.95. The number of morpholine rings is 1. The van der Waals surface area contributed by atoms with E-state index in [0.717, 1.165) is 40.8 Å². The summed E-state index contributed by atoms with van der Waals surface area (Å²) in [6.45, 7) is 5.02. The number of hydrogen-bond acceptors (Lipinski definition) is 4. The summed E-state index contributed by atoms with van der Waals surface area (Å²) in [6.07, 6.45) is 0.0526. The maximum atomic E-state index is 12.4. The Labute approximate surface area is 165 Å². The average molecular weight is 375 g/mol. The number of pyridine rings is 1. The smallest absolute Gasteiger partial charge is 0.251 e. The van der Waals surface area contributed by atoms with Gasteiger partial charge in [0.05, 0.1) is 18.2 Å². The van der Waals surface area contributed by atoms with Crippen molar-refractivity contribution < 1.29 is 9.53 Å². The van der Waals surface area contributed by atoms with Crippen LogP contribution in [-0.2, 0) is 4.74 Å². The first-order chi connectivity index (χ1) is 13.6. The first-order valence-electron chi connectivity index (χ1n) is 9.65. The van der Waals surface area contributed by atoms with Gasteiger partial charge in [0, 0.05) is 36.3 Å². The van der Waals surface area contributed by atoms with E-state index in [9.17, 15) is 4.79 Å². The van der Waals surface area contributed by atoms with Crippen molar-refractivity contribution in [2.24, 2.45) is 0 Å². The molecular formula is C23H25N3O2. The number of aryl methyl sites for hydroxylation is 1. The fourth-order valence-corrected chi connectivity index (χ4v) is 3.52. The van der Waals surface area contributed by atoms with Crippen molar-refractivity contribution in [3.63, 3.8) is 0 Å². The van der Waals surface area contributed by atoms with Gasteiger partial charge in [0.25, 0.3) is 5.91 Å². The molecule has 3 aromatic rings. The monoisotopic (exact) mass is 375 g/mol. The molecule has 1 aliphatic heterocycles. The van der Waals surface area contributed by atoms with E-state index in [4.69, 9.17) is 4.74 Å². The number of hydrogen-bond donors (Lipinski definition) is 1. The largest absolute Gasteiger partial charge is 0.374 e. The first kappa shape index (κ1) is 18.6. The molecule has 2 aromatic carbocycles. The summed E-state index contributed by atoms with van der Waals surface area (Å²) in [5.41, 5.74) is 4.86. The second-order valence-corrected chi connectivity index (χ2v) is 7.40. The van der Waals surface area contributed by atoms with Crippen LogP contribution in [0.3, 0.4) is 0 Å². The molecule has 0 bridgehead atoms. The second-order valence-electron chi connectivity index (χ2n) is 7.40. The van der Waals surface area contributed by atoms with Gasteiger partial charge in [0.15, 0.2) is 0 Å². The Morgan fingerprint density at radius 1 is 1.14 bits per heavy atom. The molecule has 0 aliphatic carbocycles. The summed E-state index contributed by atoms with van der Waals surface area (Å²) >= 11 is 0. The minimum atomic E-state index is -0.0680. The van der Waals surface area contributed by atoms with Gasteiger partial charge in [-0.05, 0) is 55.4 Å². The minimum absolute atomic E-state index is 0.0526. The van der Waals surface area contributed by atoms with E-state index in [2.05, 4.69) is 40.4 Å². The third-order valence-corrected chi connectivity index (χ3v) is 5.14. The number of ether oxygens (including phenoxy) is 1. The Balaban J connectivity index is 1.43. The van der Waals surface area contributed by atoms with Gasteiger partial charge < -0.3 is 15.0 Å². The predicted molar refractivity (Wildman–Crippen MR) is 111 cm³/mol. The Hall–Kier alpha value is -2.76. The zero-order chi connectivity index (χ0) is 19.5. The topological polar surface area (TPSA) is 54.5 Å². The standard InChI is InChI=1S/C23H25N3O2/c1-16-3-4-20-13-19(9-10-22(20)25-16)17-5-7-18(8-6-17)23(27)24-14-21-15-26(2)11-12-28-21/h3-10,13,21H,11-12,14-15H2,1-2H3,(H,24,27). The van der Waals surface area contributed by atoms with E-state index in [1.165, 1.54) is 0 Å². The number of carbonyl (C=O) groups is 1. The molecule has 1 saturated heterocycles. The Bertz CT molecular complexity index is 985. The molecule has 28 heavy (non-hydrogen) atoms. The molecule has 4 rings (SSSR count). The minimum Gasteiger partial charge on any atom is -0.374 e. The molecule has 1 N–H and O–H groups in total.